The second-order valence-electron chi connectivity index (χ2n) is 7.02. The molecule has 3 rings (SSSR count). The molecule has 146 valence electrons. The van der Waals surface area contributed by atoms with Gasteiger partial charge < -0.3 is 15.0 Å². The van der Waals surface area contributed by atoms with E-state index in [-0.39, 0.29) is 6.10 Å². The van der Waals surface area contributed by atoms with Gasteiger partial charge >= 0.3 is 0 Å². The van der Waals surface area contributed by atoms with Crippen molar-refractivity contribution in [2.45, 2.75) is 31.8 Å². The van der Waals surface area contributed by atoms with E-state index in [1.165, 1.54) is 18.4 Å². The van der Waals surface area contributed by atoms with Crippen molar-refractivity contribution in [1.29, 1.82) is 0 Å². The number of nitrogens with one attached hydrogen (secondary N) is 1. The number of guanidine groups is 1. The number of aromatic nitrogens is 2. The van der Waals surface area contributed by atoms with E-state index in [2.05, 4.69) is 50.6 Å². The Kier molecular flexibility index (Phi) is 7.27. The monoisotopic (exact) mass is 369 g/mol. The van der Waals surface area contributed by atoms with Crippen LogP contribution in [0.2, 0.25) is 0 Å². The van der Waals surface area contributed by atoms with Gasteiger partial charge in [0.25, 0.3) is 0 Å². The Balaban J connectivity index is 1.38. The molecule has 1 aromatic heterocycles. The maximum Gasteiger partial charge on any atom is 0.193 e. The van der Waals surface area contributed by atoms with Crippen LogP contribution in [0.4, 0.5) is 0 Å². The van der Waals surface area contributed by atoms with E-state index in [0.717, 1.165) is 44.0 Å². The van der Waals surface area contributed by atoms with Crippen LogP contribution in [0.5, 0.6) is 0 Å². The van der Waals surface area contributed by atoms with E-state index in [0.29, 0.717) is 6.61 Å². The summed E-state index contributed by atoms with van der Waals surface area (Å²) in [7, 11) is 3.79. The van der Waals surface area contributed by atoms with Crippen molar-refractivity contribution in [1.82, 2.24) is 20.0 Å². The Morgan fingerprint density at radius 2 is 2.11 bits per heavy atom. The van der Waals surface area contributed by atoms with Crippen LogP contribution < -0.4 is 5.32 Å². The molecule has 0 saturated carbocycles. The van der Waals surface area contributed by atoms with Crippen molar-refractivity contribution in [3.63, 3.8) is 0 Å². The SMILES string of the molecule is CN=C(NCCCCCc1ccccc1)N1CCOC(c2cnn(C)c2)C1. The molecule has 1 unspecified atom stereocenters. The lowest BCUT2D eigenvalue weighted by atomic mass is 10.1. The molecule has 0 bridgehead atoms. The predicted octanol–water partition coefficient (Wildman–Crippen LogP) is 2.78. The molecule has 1 saturated heterocycles. The van der Waals surface area contributed by atoms with Crippen molar-refractivity contribution >= 4 is 5.96 Å². The molecule has 1 aromatic carbocycles. The number of morpholine rings is 1. The fourth-order valence-corrected chi connectivity index (χ4v) is 3.46. The Morgan fingerprint density at radius 3 is 2.85 bits per heavy atom. The van der Waals surface area contributed by atoms with E-state index in [4.69, 9.17) is 4.74 Å². The molecule has 6 heteroatoms. The van der Waals surface area contributed by atoms with Gasteiger partial charge in [-0.1, -0.05) is 36.8 Å². The predicted molar refractivity (Wildman–Crippen MR) is 109 cm³/mol. The minimum atomic E-state index is 0.0527. The van der Waals surface area contributed by atoms with Crippen molar-refractivity contribution in [2.75, 3.05) is 33.3 Å². The Bertz CT molecular complexity index is 712. The molecule has 0 spiro atoms. The number of benzene rings is 1. The molecule has 2 heterocycles. The van der Waals surface area contributed by atoms with Gasteiger partial charge in [-0.25, -0.2) is 0 Å². The van der Waals surface area contributed by atoms with Gasteiger partial charge in [0, 0.05) is 38.9 Å². The first kappa shape index (κ1) is 19.4. The smallest absolute Gasteiger partial charge is 0.193 e. The number of ether oxygens (including phenoxy) is 1. The van der Waals surface area contributed by atoms with Crippen molar-refractivity contribution in [3.8, 4) is 0 Å². The van der Waals surface area contributed by atoms with E-state index in [1.807, 2.05) is 31.2 Å². The first-order valence-corrected chi connectivity index (χ1v) is 9.86. The van der Waals surface area contributed by atoms with Gasteiger partial charge in [0.05, 0.1) is 19.3 Å². The van der Waals surface area contributed by atoms with Crippen LogP contribution in [0.1, 0.15) is 36.5 Å². The summed E-state index contributed by atoms with van der Waals surface area (Å²) in [4.78, 5) is 6.75. The van der Waals surface area contributed by atoms with Crippen LogP contribution in [0, 0.1) is 0 Å². The second-order valence-corrected chi connectivity index (χ2v) is 7.02. The van der Waals surface area contributed by atoms with Crippen molar-refractivity contribution in [2.24, 2.45) is 12.0 Å². The summed E-state index contributed by atoms with van der Waals surface area (Å²) < 4.78 is 7.74. The highest BCUT2D eigenvalue weighted by molar-refractivity contribution is 5.80. The van der Waals surface area contributed by atoms with E-state index in [1.54, 1.807) is 0 Å². The Morgan fingerprint density at radius 1 is 1.26 bits per heavy atom. The molecule has 1 aliphatic heterocycles. The number of aliphatic imine (C=N–C) groups is 1. The summed E-state index contributed by atoms with van der Waals surface area (Å²) in [5.41, 5.74) is 2.55. The third-order valence-electron chi connectivity index (χ3n) is 4.94. The highest BCUT2D eigenvalue weighted by atomic mass is 16.5. The molecule has 1 atom stereocenters. The summed E-state index contributed by atoms with van der Waals surface area (Å²) >= 11 is 0. The normalized spacial score (nSPS) is 17.9. The van der Waals surface area contributed by atoms with E-state index < -0.39 is 0 Å². The van der Waals surface area contributed by atoms with Crippen LogP contribution in [0.25, 0.3) is 0 Å². The molecule has 6 nitrogen and oxygen atoms in total. The molecule has 1 N–H and O–H groups in total. The zero-order chi connectivity index (χ0) is 18.9. The minimum absolute atomic E-state index is 0.0527. The van der Waals surface area contributed by atoms with Gasteiger partial charge in [-0.05, 0) is 24.8 Å². The van der Waals surface area contributed by atoms with Gasteiger partial charge in [0.15, 0.2) is 5.96 Å². The van der Waals surface area contributed by atoms with Crippen LogP contribution >= 0.6 is 0 Å². The average Bonchev–Trinajstić information content (AvgIpc) is 3.15. The number of hydrogen-bond donors (Lipinski definition) is 1. The van der Waals surface area contributed by atoms with Crippen LogP contribution in [0.15, 0.2) is 47.7 Å². The average molecular weight is 370 g/mol. The Labute approximate surface area is 162 Å². The molecule has 0 amide bonds. The molecule has 0 aliphatic carbocycles. The number of hydrogen-bond acceptors (Lipinski definition) is 3. The summed E-state index contributed by atoms with van der Waals surface area (Å²) in [6.07, 6.45) is 8.73. The number of rotatable bonds is 7. The van der Waals surface area contributed by atoms with Gasteiger partial charge in [-0.15, -0.1) is 0 Å². The quantitative estimate of drug-likeness (QED) is 0.463. The molecule has 1 fully saturated rings. The zero-order valence-corrected chi connectivity index (χ0v) is 16.5. The topological polar surface area (TPSA) is 54.7 Å². The Hall–Kier alpha value is -2.34. The number of nitrogens with zero attached hydrogens (tertiary/aromatic N) is 4. The molecular weight excluding hydrogens is 338 g/mol. The van der Waals surface area contributed by atoms with Gasteiger partial charge in [-0.2, -0.15) is 5.10 Å². The maximum absolute atomic E-state index is 5.92. The number of aryl methyl sites for hydroxylation is 2. The molecule has 2 aromatic rings. The number of unbranched alkanes of at least 4 members (excludes halogenated alkanes) is 2. The highest BCUT2D eigenvalue weighted by Gasteiger charge is 2.24. The molecular formula is C21H31N5O. The van der Waals surface area contributed by atoms with Crippen LogP contribution in [0.3, 0.4) is 0 Å². The zero-order valence-electron chi connectivity index (χ0n) is 16.5. The van der Waals surface area contributed by atoms with Gasteiger partial charge in [-0.3, -0.25) is 9.67 Å². The van der Waals surface area contributed by atoms with Crippen LogP contribution in [-0.4, -0.2) is 53.9 Å². The lowest BCUT2D eigenvalue weighted by Crippen LogP contribution is -2.48. The molecule has 0 radical (unpaired) electrons. The lowest BCUT2D eigenvalue weighted by molar-refractivity contribution is -0.00802. The van der Waals surface area contributed by atoms with Gasteiger partial charge in [0.2, 0.25) is 0 Å². The highest BCUT2D eigenvalue weighted by Crippen LogP contribution is 2.21. The first-order valence-electron chi connectivity index (χ1n) is 9.86. The standard InChI is InChI=1S/C21H31N5O/c1-22-21(23-12-8-4-7-11-18-9-5-3-6-10-18)26-13-14-27-20(17-26)19-15-24-25(2)16-19/h3,5-6,9-10,15-16,20H,4,7-8,11-14,17H2,1-2H3,(H,22,23). The second kappa shape index (κ2) is 10.1. The largest absolute Gasteiger partial charge is 0.370 e. The van der Waals surface area contributed by atoms with Crippen molar-refractivity contribution < 1.29 is 4.74 Å². The first-order chi connectivity index (χ1) is 13.3. The summed E-state index contributed by atoms with van der Waals surface area (Å²) in [5.74, 6) is 0.968. The summed E-state index contributed by atoms with van der Waals surface area (Å²) in [5, 5.41) is 7.77. The van der Waals surface area contributed by atoms with Crippen LogP contribution in [-0.2, 0) is 18.2 Å². The summed E-state index contributed by atoms with van der Waals surface area (Å²) in [6, 6.07) is 10.7. The molecule has 27 heavy (non-hydrogen) atoms. The third kappa shape index (κ3) is 5.82. The van der Waals surface area contributed by atoms with Gasteiger partial charge in [0.1, 0.15) is 6.10 Å². The fourth-order valence-electron chi connectivity index (χ4n) is 3.46. The van der Waals surface area contributed by atoms with E-state index >= 15 is 0 Å². The van der Waals surface area contributed by atoms with E-state index in [9.17, 15) is 0 Å². The summed E-state index contributed by atoms with van der Waals surface area (Å²) in [6.45, 7) is 3.33. The lowest BCUT2D eigenvalue weighted by Gasteiger charge is -2.34. The van der Waals surface area contributed by atoms with Crippen molar-refractivity contribution in [3.05, 3.63) is 53.9 Å². The fraction of sp³-hybridized carbons (Fsp3) is 0.524. The maximum atomic E-state index is 5.92. The third-order valence-corrected chi connectivity index (χ3v) is 4.94. The molecule has 1 aliphatic rings. The minimum Gasteiger partial charge on any atom is -0.370 e.